The molecule has 1 aromatic carbocycles. The molecule has 3 atom stereocenters. The van der Waals surface area contributed by atoms with E-state index in [2.05, 4.69) is 15.0 Å². The summed E-state index contributed by atoms with van der Waals surface area (Å²) in [5.74, 6) is -0.123. The third-order valence-electron chi connectivity index (χ3n) is 5.08. The van der Waals surface area contributed by atoms with Gasteiger partial charge in [-0.1, -0.05) is 17.7 Å². The normalized spacial score (nSPS) is 21.5. The van der Waals surface area contributed by atoms with Crippen molar-refractivity contribution in [2.24, 2.45) is 0 Å². The Bertz CT molecular complexity index is 957. The number of benzene rings is 1. The topological polar surface area (TPSA) is 118 Å². The molecular weight excluding hydrogens is 442 g/mol. The molecule has 0 bridgehead atoms. The van der Waals surface area contributed by atoms with Crippen molar-refractivity contribution in [3.05, 3.63) is 59.4 Å². The number of sulfonamides is 1. The molecule has 0 unspecified atom stereocenters. The fraction of sp³-hybridized carbons (Fsp3) is 0.429. The van der Waals surface area contributed by atoms with Gasteiger partial charge in [0.15, 0.2) is 0 Å². The number of aliphatic hydroxyl groups excluding tert-OH is 1. The summed E-state index contributed by atoms with van der Waals surface area (Å²) in [7, 11) is -3.76. The highest BCUT2D eigenvalue weighted by atomic mass is 35.5. The highest BCUT2D eigenvalue weighted by Gasteiger charge is 2.33. The third-order valence-corrected chi connectivity index (χ3v) is 6.84. The van der Waals surface area contributed by atoms with Crippen LogP contribution in [0.25, 0.3) is 0 Å². The zero-order valence-electron chi connectivity index (χ0n) is 16.9. The standard InChI is InChI=1S/C21H26ClN3O5S/c22-15-4-7-18(8-5-15)31(28,29)25-19-9-6-17(30-20(19)14-26)10-12-24-21(27)13-16-3-1-2-11-23-16/h1-5,7-8,11,17,19-20,25-26H,6,9-10,12-14H2,(H,24,27)/t17-,19+,20-/m1/s1. The molecule has 2 aromatic rings. The minimum atomic E-state index is -3.76. The summed E-state index contributed by atoms with van der Waals surface area (Å²) in [4.78, 5) is 16.3. The maximum absolute atomic E-state index is 12.6. The molecule has 168 valence electrons. The molecule has 1 aromatic heterocycles. The van der Waals surface area contributed by atoms with Crippen LogP contribution in [0.2, 0.25) is 5.02 Å². The van der Waals surface area contributed by atoms with E-state index in [0.29, 0.717) is 36.5 Å². The first-order chi connectivity index (χ1) is 14.9. The van der Waals surface area contributed by atoms with Crippen molar-refractivity contribution in [1.82, 2.24) is 15.0 Å². The average Bonchev–Trinajstić information content (AvgIpc) is 2.75. The molecule has 3 N–H and O–H groups in total. The smallest absolute Gasteiger partial charge is 0.240 e. The van der Waals surface area contributed by atoms with Gasteiger partial charge in [0.2, 0.25) is 15.9 Å². The summed E-state index contributed by atoms with van der Waals surface area (Å²) in [5.41, 5.74) is 0.699. The number of hydrogen-bond donors (Lipinski definition) is 3. The highest BCUT2D eigenvalue weighted by molar-refractivity contribution is 7.89. The number of rotatable bonds is 9. The summed E-state index contributed by atoms with van der Waals surface area (Å²) in [5, 5.41) is 13.0. The zero-order valence-corrected chi connectivity index (χ0v) is 18.5. The number of aliphatic hydroxyl groups is 1. The molecule has 0 radical (unpaired) electrons. The van der Waals surface area contributed by atoms with Gasteiger partial charge in [0, 0.05) is 23.5 Å². The molecule has 1 aliphatic heterocycles. The molecule has 31 heavy (non-hydrogen) atoms. The lowest BCUT2D eigenvalue weighted by Crippen LogP contribution is -2.51. The SMILES string of the molecule is O=C(Cc1ccccn1)NCC[C@H]1CC[C@H](NS(=O)(=O)c2ccc(Cl)cc2)[C@@H](CO)O1. The summed E-state index contributed by atoms with van der Waals surface area (Å²) in [6, 6.07) is 10.8. The van der Waals surface area contributed by atoms with Crippen LogP contribution in [0.4, 0.5) is 0 Å². The van der Waals surface area contributed by atoms with Gasteiger partial charge in [0.1, 0.15) is 0 Å². The minimum Gasteiger partial charge on any atom is -0.394 e. The molecule has 0 aliphatic carbocycles. The van der Waals surface area contributed by atoms with Gasteiger partial charge in [-0.15, -0.1) is 0 Å². The molecule has 1 saturated heterocycles. The number of halogens is 1. The number of pyridine rings is 1. The number of hydrogen-bond acceptors (Lipinski definition) is 6. The number of amides is 1. The molecule has 1 fully saturated rings. The second-order valence-electron chi connectivity index (χ2n) is 7.37. The quantitative estimate of drug-likeness (QED) is 0.516. The van der Waals surface area contributed by atoms with Crippen LogP contribution in [-0.2, 0) is 26.0 Å². The molecule has 10 heteroatoms. The number of nitrogens with zero attached hydrogens (tertiary/aromatic N) is 1. The van der Waals surface area contributed by atoms with Crippen LogP contribution >= 0.6 is 11.6 Å². The van der Waals surface area contributed by atoms with Gasteiger partial charge in [0.25, 0.3) is 0 Å². The molecular formula is C21H26ClN3O5S. The van der Waals surface area contributed by atoms with E-state index in [-0.39, 0.29) is 29.9 Å². The first-order valence-electron chi connectivity index (χ1n) is 10.1. The minimum absolute atomic E-state index is 0.103. The number of carbonyl (C=O) groups excluding carboxylic acids is 1. The Morgan fingerprint density at radius 1 is 1.19 bits per heavy atom. The van der Waals surface area contributed by atoms with Gasteiger partial charge >= 0.3 is 0 Å². The monoisotopic (exact) mass is 467 g/mol. The fourth-order valence-electron chi connectivity index (χ4n) is 3.46. The van der Waals surface area contributed by atoms with Crippen molar-refractivity contribution in [3.8, 4) is 0 Å². The van der Waals surface area contributed by atoms with Crippen LogP contribution in [0.15, 0.2) is 53.6 Å². The van der Waals surface area contributed by atoms with E-state index in [9.17, 15) is 18.3 Å². The van der Waals surface area contributed by atoms with E-state index in [1.54, 1.807) is 18.3 Å². The Morgan fingerprint density at radius 2 is 1.97 bits per heavy atom. The predicted octanol–water partition coefficient (Wildman–Crippen LogP) is 1.67. The van der Waals surface area contributed by atoms with Gasteiger partial charge in [-0.3, -0.25) is 9.78 Å². The second kappa shape index (κ2) is 11.0. The summed E-state index contributed by atoms with van der Waals surface area (Å²) >= 11 is 5.82. The zero-order chi connectivity index (χ0) is 22.3. The van der Waals surface area contributed by atoms with Crippen LogP contribution in [0.3, 0.4) is 0 Å². The maximum Gasteiger partial charge on any atom is 0.240 e. The lowest BCUT2D eigenvalue weighted by molar-refractivity contribution is -0.121. The molecule has 2 heterocycles. The Balaban J connectivity index is 1.46. The first kappa shape index (κ1) is 23.6. The fourth-order valence-corrected chi connectivity index (χ4v) is 4.89. The third kappa shape index (κ3) is 6.98. The summed E-state index contributed by atoms with van der Waals surface area (Å²) < 4.78 is 33.7. The summed E-state index contributed by atoms with van der Waals surface area (Å²) in [6.45, 7) is 0.117. The highest BCUT2D eigenvalue weighted by Crippen LogP contribution is 2.23. The first-order valence-corrected chi connectivity index (χ1v) is 11.9. The van der Waals surface area contributed by atoms with E-state index < -0.39 is 22.2 Å². The van der Waals surface area contributed by atoms with Crippen molar-refractivity contribution >= 4 is 27.5 Å². The lowest BCUT2D eigenvalue weighted by atomic mass is 9.98. The van der Waals surface area contributed by atoms with E-state index in [4.69, 9.17) is 16.3 Å². The van der Waals surface area contributed by atoms with Crippen LogP contribution in [0.1, 0.15) is 25.0 Å². The van der Waals surface area contributed by atoms with Gasteiger partial charge in [0.05, 0.1) is 36.2 Å². The second-order valence-corrected chi connectivity index (χ2v) is 9.53. The number of aromatic nitrogens is 1. The predicted molar refractivity (Wildman–Crippen MR) is 116 cm³/mol. The van der Waals surface area contributed by atoms with Crippen molar-refractivity contribution in [3.63, 3.8) is 0 Å². The van der Waals surface area contributed by atoms with Crippen LogP contribution in [0.5, 0.6) is 0 Å². The van der Waals surface area contributed by atoms with E-state index in [1.807, 2.05) is 6.07 Å². The number of ether oxygens (including phenoxy) is 1. The van der Waals surface area contributed by atoms with Crippen molar-refractivity contribution in [2.75, 3.05) is 13.2 Å². The molecule has 1 amide bonds. The van der Waals surface area contributed by atoms with Gasteiger partial charge in [-0.25, -0.2) is 13.1 Å². The van der Waals surface area contributed by atoms with Crippen molar-refractivity contribution in [2.45, 2.75) is 48.8 Å². The van der Waals surface area contributed by atoms with Gasteiger partial charge in [-0.05, 0) is 55.7 Å². The lowest BCUT2D eigenvalue weighted by Gasteiger charge is -2.36. The molecule has 0 spiro atoms. The number of nitrogens with one attached hydrogen (secondary N) is 2. The Hall–Kier alpha value is -2.04. The largest absolute Gasteiger partial charge is 0.394 e. The Morgan fingerprint density at radius 3 is 2.65 bits per heavy atom. The summed E-state index contributed by atoms with van der Waals surface area (Å²) in [6.07, 6.45) is 2.71. The van der Waals surface area contributed by atoms with Gasteiger partial charge in [-0.2, -0.15) is 0 Å². The van der Waals surface area contributed by atoms with E-state index >= 15 is 0 Å². The van der Waals surface area contributed by atoms with Crippen LogP contribution in [-0.4, -0.2) is 55.8 Å². The molecule has 3 rings (SSSR count). The number of carbonyl (C=O) groups is 1. The molecule has 0 saturated carbocycles. The van der Waals surface area contributed by atoms with Gasteiger partial charge < -0.3 is 15.2 Å². The van der Waals surface area contributed by atoms with E-state index in [1.165, 1.54) is 24.3 Å². The molecule has 1 aliphatic rings. The molecule has 8 nitrogen and oxygen atoms in total. The average molecular weight is 468 g/mol. The van der Waals surface area contributed by atoms with E-state index in [0.717, 1.165) is 0 Å². The Kier molecular flexibility index (Phi) is 8.39. The van der Waals surface area contributed by atoms with Crippen LogP contribution in [0, 0.1) is 0 Å². The maximum atomic E-state index is 12.6. The van der Waals surface area contributed by atoms with Crippen molar-refractivity contribution < 1.29 is 23.1 Å². The Labute approximate surface area is 187 Å². The van der Waals surface area contributed by atoms with Crippen molar-refractivity contribution in [1.29, 1.82) is 0 Å². The van der Waals surface area contributed by atoms with Crippen LogP contribution < -0.4 is 10.0 Å².